The summed E-state index contributed by atoms with van der Waals surface area (Å²) in [5.41, 5.74) is 0.422. The lowest BCUT2D eigenvalue weighted by atomic mass is 10.1. The minimum Gasteiger partial charge on any atom is -0.293 e. The Kier molecular flexibility index (Phi) is 4.23. The van der Waals surface area contributed by atoms with Gasteiger partial charge >= 0.3 is 0 Å². The maximum absolute atomic E-state index is 11.3. The smallest absolute Gasteiger partial charge is 0.180 e. The van der Waals surface area contributed by atoms with E-state index in [9.17, 15) is 4.79 Å². The molecule has 0 amide bonds. The van der Waals surface area contributed by atoms with Gasteiger partial charge in [-0.25, -0.2) is 0 Å². The number of hydrogen-bond donors (Lipinski definition) is 0. The average molecular weight is 347 g/mol. The van der Waals surface area contributed by atoms with E-state index in [1.54, 1.807) is 12.1 Å². The van der Waals surface area contributed by atoms with Crippen molar-refractivity contribution in [1.29, 1.82) is 0 Å². The topological polar surface area (TPSA) is 17.1 Å². The third-order valence-corrected chi connectivity index (χ3v) is 3.63. The highest BCUT2D eigenvalue weighted by molar-refractivity contribution is 9.11. The molecule has 0 spiro atoms. The standard InChI is InChI=1S/C8H4Br2Cl2O/c9-4-1-2-5(10)8(12)7(4)6(13)3-11/h1-2H,3H2. The van der Waals surface area contributed by atoms with Crippen molar-refractivity contribution in [1.82, 2.24) is 0 Å². The molecule has 5 heteroatoms. The second-order valence-corrected chi connectivity index (χ2v) is 4.63. The van der Waals surface area contributed by atoms with Crippen LogP contribution in [0.2, 0.25) is 5.02 Å². The number of carbonyl (C=O) groups excluding carboxylic acids is 1. The number of benzene rings is 1. The first-order chi connectivity index (χ1) is 6.07. The number of hydrogen-bond acceptors (Lipinski definition) is 1. The molecule has 0 aliphatic rings. The molecule has 70 valence electrons. The van der Waals surface area contributed by atoms with Crippen LogP contribution in [-0.2, 0) is 0 Å². The zero-order valence-corrected chi connectivity index (χ0v) is 11.0. The Morgan fingerprint density at radius 1 is 1.31 bits per heavy atom. The second-order valence-electron chi connectivity index (χ2n) is 2.27. The van der Waals surface area contributed by atoms with E-state index in [-0.39, 0.29) is 11.7 Å². The molecule has 0 fully saturated rings. The van der Waals surface area contributed by atoms with E-state index in [1.165, 1.54) is 0 Å². The van der Waals surface area contributed by atoms with Crippen LogP contribution in [-0.4, -0.2) is 11.7 Å². The van der Waals surface area contributed by atoms with E-state index >= 15 is 0 Å². The molecule has 0 saturated heterocycles. The van der Waals surface area contributed by atoms with Crippen molar-refractivity contribution < 1.29 is 4.79 Å². The maximum atomic E-state index is 11.3. The number of Topliss-reactive ketones (excluding diaryl/α,β-unsaturated/α-hetero) is 1. The first-order valence-electron chi connectivity index (χ1n) is 3.30. The molecule has 0 radical (unpaired) electrons. The zero-order valence-electron chi connectivity index (χ0n) is 6.28. The SMILES string of the molecule is O=C(CCl)c1c(Br)ccc(Br)c1Cl. The zero-order chi connectivity index (χ0) is 10.0. The highest BCUT2D eigenvalue weighted by Gasteiger charge is 2.15. The summed E-state index contributed by atoms with van der Waals surface area (Å²) in [5.74, 6) is -0.269. The minimum atomic E-state index is -0.195. The summed E-state index contributed by atoms with van der Waals surface area (Å²) in [4.78, 5) is 11.3. The van der Waals surface area contributed by atoms with Gasteiger partial charge in [0.1, 0.15) is 0 Å². The molecular weight excluding hydrogens is 343 g/mol. The Bertz CT molecular complexity index is 352. The molecule has 0 bridgehead atoms. The first kappa shape index (κ1) is 11.5. The molecule has 0 unspecified atom stereocenters. The molecule has 0 atom stereocenters. The van der Waals surface area contributed by atoms with Crippen LogP contribution in [0, 0.1) is 0 Å². The summed E-state index contributed by atoms with van der Waals surface area (Å²) < 4.78 is 1.34. The molecule has 0 N–H and O–H groups in total. The van der Waals surface area contributed by atoms with E-state index in [0.717, 1.165) is 0 Å². The van der Waals surface area contributed by atoms with Gasteiger partial charge in [0.15, 0.2) is 5.78 Å². The number of rotatable bonds is 2. The minimum absolute atomic E-state index is 0.0746. The van der Waals surface area contributed by atoms with Gasteiger partial charge in [0, 0.05) is 8.95 Å². The second kappa shape index (κ2) is 4.78. The molecule has 1 aromatic carbocycles. The van der Waals surface area contributed by atoms with Crippen molar-refractivity contribution in [3.8, 4) is 0 Å². The van der Waals surface area contributed by atoms with E-state index in [2.05, 4.69) is 31.9 Å². The highest BCUT2D eigenvalue weighted by atomic mass is 79.9. The third kappa shape index (κ3) is 2.46. The normalized spacial score (nSPS) is 10.2. The molecule has 1 rings (SSSR count). The molecule has 13 heavy (non-hydrogen) atoms. The van der Waals surface area contributed by atoms with Crippen LogP contribution in [0.4, 0.5) is 0 Å². The predicted molar refractivity (Wildman–Crippen MR) is 61.9 cm³/mol. The van der Waals surface area contributed by atoms with Crippen molar-refractivity contribution in [2.24, 2.45) is 0 Å². The quantitative estimate of drug-likeness (QED) is 0.443. The predicted octanol–water partition coefficient (Wildman–Crippen LogP) is 4.29. The van der Waals surface area contributed by atoms with Gasteiger partial charge in [0.25, 0.3) is 0 Å². The summed E-state index contributed by atoms with van der Waals surface area (Å²) in [6.45, 7) is 0. The number of carbonyl (C=O) groups is 1. The summed E-state index contributed by atoms with van der Waals surface area (Å²) in [7, 11) is 0. The van der Waals surface area contributed by atoms with Gasteiger partial charge in [-0.2, -0.15) is 0 Å². The fourth-order valence-electron chi connectivity index (χ4n) is 0.849. The van der Waals surface area contributed by atoms with Gasteiger partial charge < -0.3 is 0 Å². The summed E-state index contributed by atoms with van der Waals surface area (Å²) >= 11 is 17.8. The Labute approximate surface area is 103 Å². The summed E-state index contributed by atoms with van der Waals surface area (Å²) in [5, 5.41) is 0.389. The Hall–Kier alpha value is 0.430. The lowest BCUT2D eigenvalue weighted by Gasteiger charge is -2.05. The van der Waals surface area contributed by atoms with Crippen LogP contribution in [0.15, 0.2) is 21.1 Å². The average Bonchev–Trinajstić information content (AvgIpc) is 2.12. The third-order valence-electron chi connectivity index (χ3n) is 1.44. The van der Waals surface area contributed by atoms with Crippen molar-refractivity contribution >= 4 is 60.8 Å². The molecule has 0 aliphatic heterocycles. The van der Waals surface area contributed by atoms with Crippen molar-refractivity contribution in [2.45, 2.75) is 0 Å². The van der Waals surface area contributed by atoms with Crippen LogP contribution < -0.4 is 0 Å². The molecule has 1 nitrogen and oxygen atoms in total. The molecule has 1 aromatic rings. The van der Waals surface area contributed by atoms with Gasteiger partial charge in [-0.3, -0.25) is 4.79 Å². The van der Waals surface area contributed by atoms with Gasteiger partial charge in [-0.05, 0) is 44.0 Å². The summed E-state index contributed by atoms with van der Waals surface area (Å²) in [6, 6.07) is 3.51. The van der Waals surface area contributed by atoms with E-state index < -0.39 is 0 Å². The molecule has 0 heterocycles. The number of ketones is 1. The van der Waals surface area contributed by atoms with Crippen LogP contribution in [0.25, 0.3) is 0 Å². The number of alkyl halides is 1. The fraction of sp³-hybridized carbons (Fsp3) is 0.125. The van der Waals surface area contributed by atoms with E-state index in [1.807, 2.05) is 0 Å². The van der Waals surface area contributed by atoms with Crippen molar-refractivity contribution in [3.63, 3.8) is 0 Å². The number of halogens is 4. The van der Waals surface area contributed by atoms with Crippen LogP contribution in [0.5, 0.6) is 0 Å². The Balaban J connectivity index is 3.33. The van der Waals surface area contributed by atoms with Crippen LogP contribution >= 0.6 is 55.1 Å². The van der Waals surface area contributed by atoms with Crippen molar-refractivity contribution in [2.75, 3.05) is 5.88 Å². The van der Waals surface area contributed by atoms with E-state index in [0.29, 0.717) is 19.5 Å². The van der Waals surface area contributed by atoms with Gasteiger partial charge in [-0.15, -0.1) is 11.6 Å². The monoisotopic (exact) mass is 344 g/mol. The van der Waals surface area contributed by atoms with Gasteiger partial charge in [-0.1, -0.05) is 11.6 Å². The van der Waals surface area contributed by atoms with Gasteiger partial charge in [0.05, 0.1) is 16.5 Å². The lowest BCUT2D eigenvalue weighted by molar-refractivity contribution is 0.102. The molecule has 0 aromatic heterocycles. The molecular formula is C8H4Br2Cl2O. The highest BCUT2D eigenvalue weighted by Crippen LogP contribution is 2.32. The first-order valence-corrected chi connectivity index (χ1v) is 5.80. The summed E-state index contributed by atoms with van der Waals surface area (Å²) in [6.07, 6.45) is 0. The van der Waals surface area contributed by atoms with Crippen LogP contribution in [0.3, 0.4) is 0 Å². The maximum Gasteiger partial charge on any atom is 0.180 e. The largest absolute Gasteiger partial charge is 0.293 e. The van der Waals surface area contributed by atoms with Crippen LogP contribution in [0.1, 0.15) is 10.4 Å². The van der Waals surface area contributed by atoms with Gasteiger partial charge in [0.2, 0.25) is 0 Å². The van der Waals surface area contributed by atoms with Crippen molar-refractivity contribution in [3.05, 3.63) is 31.7 Å². The van der Waals surface area contributed by atoms with E-state index in [4.69, 9.17) is 23.2 Å². The Morgan fingerprint density at radius 3 is 2.38 bits per heavy atom. The Morgan fingerprint density at radius 2 is 1.85 bits per heavy atom. The molecule has 0 aliphatic carbocycles. The fourth-order valence-corrected chi connectivity index (χ4v) is 2.25. The molecule has 0 saturated carbocycles. The lowest BCUT2D eigenvalue weighted by Crippen LogP contribution is -2.02.